The van der Waals surface area contributed by atoms with Gasteiger partial charge in [0.15, 0.2) is 0 Å². The molecule has 0 heterocycles. The van der Waals surface area contributed by atoms with Crippen LogP contribution in [0.1, 0.15) is 0 Å². The van der Waals surface area contributed by atoms with E-state index in [1.54, 1.807) is 24.3 Å². The number of nitro groups is 1. The van der Waals surface area contributed by atoms with Crippen LogP contribution >= 0.6 is 12.6 Å². The molecule has 0 amide bonds. The Bertz CT molecular complexity index is 290. The maximum atomic E-state index is 9.94. The highest BCUT2D eigenvalue weighted by atomic mass is 32.1. The van der Waals surface area contributed by atoms with Crippen molar-refractivity contribution < 1.29 is 9.66 Å². The van der Waals surface area contributed by atoms with Crippen LogP contribution < -0.4 is 4.74 Å². The van der Waals surface area contributed by atoms with E-state index < -0.39 is 11.7 Å². The third-order valence-electron chi connectivity index (χ3n) is 1.19. The van der Waals surface area contributed by atoms with Crippen LogP contribution in [0.2, 0.25) is 0 Å². The first-order chi connectivity index (χ1) is 5.70. The van der Waals surface area contributed by atoms with Crippen LogP contribution in [0.3, 0.4) is 0 Å². The zero-order valence-corrected chi connectivity index (χ0v) is 7.03. The molecule has 0 spiro atoms. The van der Waals surface area contributed by atoms with E-state index in [1.165, 1.54) is 0 Å². The Balaban J connectivity index is 2.63. The average Bonchev–Trinajstić information content (AvgIpc) is 2.03. The molecule has 0 aromatic heterocycles. The molecular weight excluding hydrogens is 178 g/mol. The van der Waals surface area contributed by atoms with Crippen LogP contribution in [0.25, 0.3) is 0 Å². The van der Waals surface area contributed by atoms with Crippen LogP contribution in [0, 0.1) is 10.1 Å². The number of nitrogens with zero attached hydrogens (tertiary/aromatic N) is 1. The van der Waals surface area contributed by atoms with Gasteiger partial charge in [-0.2, -0.15) is 0 Å². The largest absolute Gasteiger partial charge is 0.431 e. The SMILES string of the molecule is O=[N+]([O-])COc1ccccc1S. The summed E-state index contributed by atoms with van der Waals surface area (Å²) >= 11 is 4.05. The zero-order valence-electron chi connectivity index (χ0n) is 6.14. The highest BCUT2D eigenvalue weighted by Crippen LogP contribution is 2.20. The highest BCUT2D eigenvalue weighted by Gasteiger charge is 2.01. The lowest BCUT2D eigenvalue weighted by Gasteiger charge is -2.02. The van der Waals surface area contributed by atoms with Gasteiger partial charge in [-0.05, 0) is 12.1 Å². The second-order valence-corrected chi connectivity index (χ2v) is 2.56. The summed E-state index contributed by atoms with van der Waals surface area (Å²) in [6.07, 6.45) is 0. The van der Waals surface area contributed by atoms with Crippen LogP contribution in [-0.4, -0.2) is 11.7 Å². The van der Waals surface area contributed by atoms with Gasteiger partial charge in [-0.15, -0.1) is 12.6 Å². The van der Waals surface area contributed by atoms with Gasteiger partial charge in [0.25, 0.3) is 0 Å². The number of hydrogen-bond donors (Lipinski definition) is 1. The van der Waals surface area contributed by atoms with Gasteiger partial charge in [0.1, 0.15) is 5.75 Å². The van der Waals surface area contributed by atoms with E-state index in [2.05, 4.69) is 12.6 Å². The molecule has 12 heavy (non-hydrogen) atoms. The van der Waals surface area contributed by atoms with Gasteiger partial charge in [0.2, 0.25) is 0 Å². The zero-order chi connectivity index (χ0) is 8.97. The molecule has 4 nitrogen and oxygen atoms in total. The summed E-state index contributed by atoms with van der Waals surface area (Å²) in [5.41, 5.74) is 0. The Kier molecular flexibility index (Phi) is 2.93. The maximum absolute atomic E-state index is 9.94. The summed E-state index contributed by atoms with van der Waals surface area (Å²) in [4.78, 5) is 9.99. The molecule has 0 atom stereocenters. The van der Waals surface area contributed by atoms with Gasteiger partial charge in [-0.1, -0.05) is 12.1 Å². The number of benzene rings is 1. The molecule has 0 aliphatic heterocycles. The van der Waals surface area contributed by atoms with Crippen molar-refractivity contribution in [1.29, 1.82) is 0 Å². The fourth-order valence-corrected chi connectivity index (χ4v) is 0.927. The van der Waals surface area contributed by atoms with Gasteiger partial charge in [-0.3, -0.25) is 10.1 Å². The standard InChI is InChI=1S/C7H7NO3S/c9-8(10)5-11-6-3-1-2-4-7(6)12/h1-4,12H,5H2. The third kappa shape index (κ3) is 2.43. The molecule has 0 N–H and O–H groups in total. The summed E-state index contributed by atoms with van der Waals surface area (Å²) in [5, 5.41) is 9.94. The Morgan fingerprint density at radius 2 is 2.17 bits per heavy atom. The van der Waals surface area contributed by atoms with E-state index in [9.17, 15) is 10.1 Å². The molecule has 0 aliphatic rings. The van der Waals surface area contributed by atoms with Crippen molar-refractivity contribution in [1.82, 2.24) is 0 Å². The Hall–Kier alpha value is -1.23. The molecule has 1 aromatic rings. The van der Waals surface area contributed by atoms with E-state index in [4.69, 9.17) is 4.74 Å². The number of para-hydroxylation sites is 1. The first-order valence-corrected chi connectivity index (χ1v) is 3.67. The summed E-state index contributed by atoms with van der Waals surface area (Å²) in [5.74, 6) is 0.428. The summed E-state index contributed by atoms with van der Waals surface area (Å²) in [7, 11) is 0. The van der Waals surface area contributed by atoms with Crippen LogP contribution in [0.15, 0.2) is 29.2 Å². The topological polar surface area (TPSA) is 52.4 Å². The second-order valence-electron chi connectivity index (χ2n) is 2.07. The van der Waals surface area contributed by atoms with E-state index in [-0.39, 0.29) is 0 Å². The summed E-state index contributed by atoms with van der Waals surface area (Å²) in [6.45, 7) is -0.530. The van der Waals surface area contributed by atoms with Crippen molar-refractivity contribution in [3.8, 4) is 5.75 Å². The lowest BCUT2D eigenvalue weighted by atomic mass is 10.3. The average molecular weight is 185 g/mol. The van der Waals surface area contributed by atoms with Crippen LogP contribution in [-0.2, 0) is 0 Å². The highest BCUT2D eigenvalue weighted by molar-refractivity contribution is 7.80. The minimum absolute atomic E-state index is 0.428. The van der Waals surface area contributed by atoms with E-state index in [1.807, 2.05) is 0 Å². The molecule has 0 saturated heterocycles. The van der Waals surface area contributed by atoms with Gasteiger partial charge in [0, 0.05) is 4.90 Å². The normalized spacial score (nSPS) is 9.42. The number of thiol groups is 1. The van der Waals surface area contributed by atoms with Gasteiger partial charge in [-0.25, -0.2) is 0 Å². The molecule has 5 heteroatoms. The maximum Gasteiger partial charge on any atom is 0.344 e. The first-order valence-electron chi connectivity index (χ1n) is 3.23. The van der Waals surface area contributed by atoms with Crippen LogP contribution in [0.4, 0.5) is 0 Å². The fourth-order valence-electron chi connectivity index (χ4n) is 0.701. The van der Waals surface area contributed by atoms with Crippen molar-refractivity contribution in [3.63, 3.8) is 0 Å². The smallest absolute Gasteiger partial charge is 0.344 e. The minimum atomic E-state index is -0.541. The van der Waals surface area contributed by atoms with E-state index in [0.717, 1.165) is 0 Å². The molecule has 0 bridgehead atoms. The monoisotopic (exact) mass is 185 g/mol. The number of hydrogen-bond acceptors (Lipinski definition) is 4. The number of rotatable bonds is 3. The summed E-state index contributed by atoms with van der Waals surface area (Å²) < 4.78 is 4.82. The summed E-state index contributed by atoms with van der Waals surface area (Å²) in [6, 6.07) is 6.85. The van der Waals surface area contributed by atoms with Crippen LogP contribution in [0.5, 0.6) is 5.75 Å². The molecule has 1 rings (SSSR count). The lowest BCUT2D eigenvalue weighted by Crippen LogP contribution is -2.08. The van der Waals surface area contributed by atoms with Crippen molar-refractivity contribution >= 4 is 12.6 Å². The molecule has 0 saturated carbocycles. The predicted molar refractivity (Wildman–Crippen MR) is 46.2 cm³/mol. The van der Waals surface area contributed by atoms with Crippen molar-refractivity contribution in [3.05, 3.63) is 34.4 Å². The molecule has 0 aliphatic carbocycles. The molecule has 1 aromatic carbocycles. The quantitative estimate of drug-likeness (QED) is 0.336. The first kappa shape index (κ1) is 8.86. The minimum Gasteiger partial charge on any atom is -0.431 e. The van der Waals surface area contributed by atoms with Crippen molar-refractivity contribution in [2.24, 2.45) is 0 Å². The van der Waals surface area contributed by atoms with E-state index in [0.29, 0.717) is 10.6 Å². The van der Waals surface area contributed by atoms with Crippen molar-refractivity contribution in [2.75, 3.05) is 6.73 Å². The molecule has 0 unspecified atom stereocenters. The Morgan fingerprint density at radius 1 is 1.50 bits per heavy atom. The molecular formula is C7H7NO3S. The van der Waals surface area contributed by atoms with Gasteiger partial charge in [0.05, 0.1) is 4.92 Å². The Labute approximate surface area is 74.7 Å². The fraction of sp³-hybridized carbons (Fsp3) is 0.143. The predicted octanol–water partition coefficient (Wildman–Crippen LogP) is 1.59. The Morgan fingerprint density at radius 3 is 2.75 bits per heavy atom. The van der Waals surface area contributed by atoms with Crippen molar-refractivity contribution in [2.45, 2.75) is 4.90 Å². The second kappa shape index (κ2) is 3.96. The molecule has 0 fully saturated rings. The molecule has 0 radical (unpaired) electrons. The van der Waals surface area contributed by atoms with E-state index >= 15 is 0 Å². The van der Waals surface area contributed by atoms with Gasteiger partial charge < -0.3 is 4.74 Å². The third-order valence-corrected chi connectivity index (χ3v) is 1.56. The number of ether oxygens (including phenoxy) is 1. The molecule has 64 valence electrons. The lowest BCUT2D eigenvalue weighted by molar-refractivity contribution is -0.514. The van der Waals surface area contributed by atoms with Gasteiger partial charge >= 0.3 is 6.73 Å².